The molecule has 20 heavy (non-hydrogen) atoms. The average Bonchev–Trinajstić information content (AvgIpc) is 2.52. The van der Waals surface area contributed by atoms with Crippen molar-refractivity contribution in [1.29, 1.82) is 5.26 Å². The second kappa shape index (κ2) is 4.04. The van der Waals surface area contributed by atoms with Crippen molar-refractivity contribution in [2.45, 2.75) is 0 Å². The topological polar surface area (TPSA) is 36.7 Å². The number of para-hydroxylation sites is 1. The first-order valence-electron chi connectivity index (χ1n) is 6.49. The highest BCUT2D eigenvalue weighted by molar-refractivity contribution is 6.11. The predicted octanol–water partition coefficient (Wildman–Crippen LogP) is 4.41. The summed E-state index contributed by atoms with van der Waals surface area (Å²) < 4.78 is 0. The van der Waals surface area contributed by atoms with Gasteiger partial charge in [-0.3, -0.25) is 0 Å². The lowest BCUT2D eigenvalue weighted by Crippen LogP contribution is -1.89. The summed E-state index contributed by atoms with van der Waals surface area (Å²) in [6.07, 6.45) is 0. The van der Waals surface area contributed by atoms with Crippen LogP contribution in [0.1, 0.15) is 5.56 Å². The molecule has 0 unspecified atom stereocenters. The molecule has 0 atom stereocenters. The second-order valence-corrected chi connectivity index (χ2v) is 4.80. The van der Waals surface area contributed by atoms with Crippen molar-refractivity contribution in [1.82, 2.24) is 4.98 Å². The molecule has 0 saturated carbocycles. The third-order valence-corrected chi connectivity index (χ3v) is 3.69. The van der Waals surface area contributed by atoms with E-state index >= 15 is 0 Å². The number of fused-ring (bicyclic) bond motifs is 4. The zero-order valence-corrected chi connectivity index (χ0v) is 10.7. The lowest BCUT2D eigenvalue weighted by atomic mass is 10.00. The summed E-state index contributed by atoms with van der Waals surface area (Å²) >= 11 is 0. The fourth-order valence-electron chi connectivity index (χ4n) is 2.75. The number of pyridine rings is 1. The average molecular weight is 254 g/mol. The molecule has 0 N–H and O–H groups in total. The van der Waals surface area contributed by atoms with E-state index in [-0.39, 0.29) is 0 Å². The van der Waals surface area contributed by atoms with Crippen molar-refractivity contribution in [2.24, 2.45) is 0 Å². The SMILES string of the molecule is N#Cc1c2ccccc2nc2c1ccc1ccccc12. The van der Waals surface area contributed by atoms with E-state index in [4.69, 9.17) is 4.98 Å². The minimum absolute atomic E-state index is 0.705. The van der Waals surface area contributed by atoms with Gasteiger partial charge in [0.15, 0.2) is 0 Å². The molecule has 0 amide bonds. The molecule has 0 aliphatic rings. The molecule has 0 radical (unpaired) electrons. The first-order valence-corrected chi connectivity index (χ1v) is 6.49. The van der Waals surface area contributed by atoms with Gasteiger partial charge < -0.3 is 0 Å². The van der Waals surface area contributed by atoms with Crippen molar-refractivity contribution < 1.29 is 0 Å². The number of hydrogen-bond donors (Lipinski definition) is 0. The highest BCUT2D eigenvalue weighted by Gasteiger charge is 2.10. The van der Waals surface area contributed by atoms with Gasteiger partial charge in [0.05, 0.1) is 16.6 Å². The summed E-state index contributed by atoms with van der Waals surface area (Å²) in [5.41, 5.74) is 2.47. The first kappa shape index (κ1) is 11.0. The zero-order valence-electron chi connectivity index (χ0n) is 10.7. The summed E-state index contributed by atoms with van der Waals surface area (Å²) in [4.78, 5) is 4.76. The number of benzene rings is 3. The van der Waals surface area contributed by atoms with Gasteiger partial charge in [0, 0.05) is 16.2 Å². The van der Waals surface area contributed by atoms with Crippen molar-refractivity contribution >= 4 is 32.6 Å². The second-order valence-electron chi connectivity index (χ2n) is 4.80. The Hall–Kier alpha value is -2.92. The molecule has 0 fully saturated rings. The van der Waals surface area contributed by atoms with Crippen LogP contribution in [0.15, 0.2) is 60.7 Å². The molecular weight excluding hydrogens is 244 g/mol. The summed E-state index contributed by atoms with van der Waals surface area (Å²) in [5, 5.41) is 13.6. The van der Waals surface area contributed by atoms with Crippen molar-refractivity contribution in [3.8, 4) is 6.07 Å². The molecule has 1 aromatic heterocycles. The minimum Gasteiger partial charge on any atom is -0.247 e. The molecule has 0 spiro atoms. The molecule has 2 heteroatoms. The van der Waals surface area contributed by atoms with E-state index in [9.17, 15) is 5.26 Å². The van der Waals surface area contributed by atoms with Crippen LogP contribution in [-0.2, 0) is 0 Å². The molecule has 0 aliphatic carbocycles. The monoisotopic (exact) mass is 254 g/mol. The molecule has 1 heterocycles. The van der Waals surface area contributed by atoms with Crippen LogP contribution in [0, 0.1) is 11.3 Å². The number of aromatic nitrogens is 1. The predicted molar refractivity (Wildman–Crippen MR) is 81.5 cm³/mol. The third-order valence-electron chi connectivity index (χ3n) is 3.69. The maximum atomic E-state index is 9.53. The highest BCUT2D eigenvalue weighted by atomic mass is 14.7. The largest absolute Gasteiger partial charge is 0.247 e. The molecule has 92 valence electrons. The van der Waals surface area contributed by atoms with Crippen LogP contribution in [0.5, 0.6) is 0 Å². The van der Waals surface area contributed by atoms with Gasteiger partial charge in [-0.15, -0.1) is 0 Å². The lowest BCUT2D eigenvalue weighted by Gasteiger charge is -2.07. The number of nitriles is 1. The van der Waals surface area contributed by atoms with Crippen molar-refractivity contribution in [2.75, 3.05) is 0 Å². The van der Waals surface area contributed by atoms with Gasteiger partial charge in [0.25, 0.3) is 0 Å². The Kier molecular flexibility index (Phi) is 2.21. The zero-order chi connectivity index (χ0) is 13.5. The lowest BCUT2D eigenvalue weighted by molar-refractivity contribution is 1.48. The molecular formula is C18H10N2. The maximum absolute atomic E-state index is 9.53. The van der Waals surface area contributed by atoms with Crippen molar-refractivity contribution in [3.05, 3.63) is 66.2 Å². The first-order chi connectivity index (χ1) is 9.88. The maximum Gasteiger partial charge on any atom is 0.101 e. The van der Waals surface area contributed by atoms with E-state index in [0.29, 0.717) is 5.56 Å². The molecule has 0 saturated heterocycles. The number of rotatable bonds is 0. The molecule has 0 aliphatic heterocycles. The van der Waals surface area contributed by atoms with E-state index in [2.05, 4.69) is 24.3 Å². The smallest absolute Gasteiger partial charge is 0.101 e. The van der Waals surface area contributed by atoms with Crippen LogP contribution in [-0.4, -0.2) is 4.98 Å². The Labute approximate surface area is 115 Å². The molecule has 3 aromatic carbocycles. The fraction of sp³-hybridized carbons (Fsp3) is 0. The van der Waals surface area contributed by atoms with Gasteiger partial charge in [-0.2, -0.15) is 5.26 Å². The summed E-state index contributed by atoms with van der Waals surface area (Å²) in [7, 11) is 0. The third kappa shape index (κ3) is 1.41. The highest BCUT2D eigenvalue weighted by Crippen LogP contribution is 2.30. The Morgan fingerprint density at radius 2 is 1.50 bits per heavy atom. The molecule has 2 nitrogen and oxygen atoms in total. The van der Waals surface area contributed by atoms with Crippen LogP contribution in [0.4, 0.5) is 0 Å². The fourth-order valence-corrected chi connectivity index (χ4v) is 2.75. The summed E-state index contributed by atoms with van der Waals surface area (Å²) in [5.74, 6) is 0. The van der Waals surface area contributed by atoms with E-state index in [1.54, 1.807) is 0 Å². The standard InChI is InChI=1S/C18H10N2/c19-11-16-14-7-3-4-8-17(14)20-18-13-6-2-1-5-12(13)9-10-15(16)18/h1-10H. The molecule has 4 aromatic rings. The van der Waals surface area contributed by atoms with Crippen LogP contribution in [0.3, 0.4) is 0 Å². The number of nitrogens with zero attached hydrogens (tertiary/aromatic N) is 2. The van der Waals surface area contributed by atoms with Gasteiger partial charge in [-0.25, -0.2) is 4.98 Å². The van der Waals surface area contributed by atoms with E-state index in [0.717, 1.165) is 32.6 Å². The van der Waals surface area contributed by atoms with Crippen LogP contribution >= 0.6 is 0 Å². The van der Waals surface area contributed by atoms with Crippen LogP contribution in [0.25, 0.3) is 32.6 Å². The van der Waals surface area contributed by atoms with Gasteiger partial charge in [-0.1, -0.05) is 54.6 Å². The van der Waals surface area contributed by atoms with Crippen LogP contribution in [0.2, 0.25) is 0 Å². The molecule has 0 bridgehead atoms. The van der Waals surface area contributed by atoms with Crippen LogP contribution < -0.4 is 0 Å². The minimum atomic E-state index is 0.705. The van der Waals surface area contributed by atoms with Gasteiger partial charge >= 0.3 is 0 Å². The Balaban J connectivity index is 2.34. The van der Waals surface area contributed by atoms with Crippen molar-refractivity contribution in [3.63, 3.8) is 0 Å². The number of hydrogen-bond acceptors (Lipinski definition) is 2. The summed E-state index contributed by atoms with van der Waals surface area (Å²) in [6, 6.07) is 22.3. The van der Waals surface area contributed by atoms with Gasteiger partial charge in [0.1, 0.15) is 6.07 Å². The quantitative estimate of drug-likeness (QED) is 0.344. The Morgan fingerprint density at radius 3 is 2.35 bits per heavy atom. The summed E-state index contributed by atoms with van der Waals surface area (Å²) in [6.45, 7) is 0. The van der Waals surface area contributed by atoms with Gasteiger partial charge in [-0.05, 0) is 11.5 Å². The normalized spacial score (nSPS) is 10.9. The molecule has 4 rings (SSSR count). The van der Waals surface area contributed by atoms with E-state index in [1.807, 2.05) is 42.5 Å². The Bertz CT molecular complexity index is 1010. The van der Waals surface area contributed by atoms with E-state index < -0.39 is 0 Å². The Morgan fingerprint density at radius 1 is 0.750 bits per heavy atom. The van der Waals surface area contributed by atoms with E-state index in [1.165, 1.54) is 0 Å². The van der Waals surface area contributed by atoms with Gasteiger partial charge in [0.2, 0.25) is 0 Å².